The summed E-state index contributed by atoms with van der Waals surface area (Å²) in [6.45, 7) is 3.71. The van der Waals surface area contributed by atoms with Gasteiger partial charge in [0.25, 0.3) is 11.8 Å². The minimum Gasteiger partial charge on any atom is -0.454 e. The molecule has 1 spiro atoms. The van der Waals surface area contributed by atoms with Crippen LogP contribution in [-0.4, -0.2) is 66.2 Å². The standard InChI is InChI=1S/C31H32N4O5/c1-22-7-10-24(11-8-22)29(37)33-15-13-31(14-16-33)30(38)34(20-35(31)25-5-3-2-4-6-25)19-28(36)32-18-23-9-12-26-27(17-23)40-21-39-26/h2-12,17H,13-16,18-21H2,1H3,(H,32,36). The molecule has 0 aliphatic carbocycles. The van der Waals surface area contributed by atoms with Crippen LogP contribution in [0.1, 0.15) is 34.3 Å². The van der Waals surface area contributed by atoms with E-state index in [9.17, 15) is 14.4 Å². The topological polar surface area (TPSA) is 91.4 Å². The van der Waals surface area contributed by atoms with Crippen LogP contribution in [0.25, 0.3) is 0 Å². The fourth-order valence-electron chi connectivity index (χ4n) is 5.76. The smallest absolute Gasteiger partial charge is 0.253 e. The lowest BCUT2D eigenvalue weighted by molar-refractivity contribution is -0.137. The molecule has 3 aliphatic rings. The number of para-hydroxylation sites is 1. The van der Waals surface area contributed by atoms with Gasteiger partial charge in [0.2, 0.25) is 12.7 Å². The first-order chi connectivity index (χ1) is 19.4. The van der Waals surface area contributed by atoms with E-state index < -0.39 is 5.54 Å². The monoisotopic (exact) mass is 540 g/mol. The summed E-state index contributed by atoms with van der Waals surface area (Å²) < 4.78 is 10.8. The van der Waals surface area contributed by atoms with Crippen molar-refractivity contribution in [2.75, 3.05) is 38.0 Å². The number of hydrogen-bond donors (Lipinski definition) is 1. The number of ether oxygens (including phenoxy) is 2. The van der Waals surface area contributed by atoms with Crippen LogP contribution >= 0.6 is 0 Å². The van der Waals surface area contributed by atoms with Crippen molar-refractivity contribution in [2.45, 2.75) is 31.8 Å². The Morgan fingerprint density at radius 2 is 1.65 bits per heavy atom. The van der Waals surface area contributed by atoms with E-state index in [1.807, 2.05) is 84.6 Å². The van der Waals surface area contributed by atoms with Gasteiger partial charge in [0, 0.05) is 30.9 Å². The summed E-state index contributed by atoms with van der Waals surface area (Å²) in [7, 11) is 0. The molecule has 40 heavy (non-hydrogen) atoms. The van der Waals surface area contributed by atoms with E-state index in [4.69, 9.17) is 9.47 Å². The van der Waals surface area contributed by atoms with Crippen LogP contribution < -0.4 is 19.7 Å². The second kappa shape index (κ2) is 10.6. The maximum atomic E-state index is 14.0. The van der Waals surface area contributed by atoms with Crippen LogP contribution in [0.15, 0.2) is 72.8 Å². The van der Waals surface area contributed by atoms with Gasteiger partial charge in [-0.1, -0.05) is 42.0 Å². The zero-order valence-electron chi connectivity index (χ0n) is 22.5. The number of fused-ring (bicyclic) bond motifs is 1. The van der Waals surface area contributed by atoms with E-state index in [0.29, 0.717) is 56.2 Å². The number of likely N-dealkylation sites (tertiary alicyclic amines) is 1. The van der Waals surface area contributed by atoms with Gasteiger partial charge in [-0.3, -0.25) is 14.4 Å². The molecule has 0 atom stereocenters. The van der Waals surface area contributed by atoms with E-state index in [1.165, 1.54) is 0 Å². The Morgan fingerprint density at radius 3 is 2.40 bits per heavy atom. The number of nitrogens with one attached hydrogen (secondary N) is 1. The van der Waals surface area contributed by atoms with Crippen molar-refractivity contribution in [3.8, 4) is 11.5 Å². The molecular weight excluding hydrogens is 508 g/mol. The van der Waals surface area contributed by atoms with Gasteiger partial charge >= 0.3 is 0 Å². The Balaban J connectivity index is 1.14. The third-order valence-electron chi connectivity index (χ3n) is 8.02. The van der Waals surface area contributed by atoms with Gasteiger partial charge < -0.3 is 29.5 Å². The fourth-order valence-corrected chi connectivity index (χ4v) is 5.76. The van der Waals surface area contributed by atoms with Crippen molar-refractivity contribution in [3.05, 3.63) is 89.5 Å². The van der Waals surface area contributed by atoms with Gasteiger partial charge in [0.15, 0.2) is 11.5 Å². The molecule has 0 radical (unpaired) electrons. The normalized spacial score (nSPS) is 17.4. The highest BCUT2D eigenvalue weighted by atomic mass is 16.7. The predicted molar refractivity (Wildman–Crippen MR) is 149 cm³/mol. The maximum Gasteiger partial charge on any atom is 0.253 e. The molecule has 3 amide bonds. The van der Waals surface area contributed by atoms with Crippen LogP contribution in [0.5, 0.6) is 11.5 Å². The van der Waals surface area contributed by atoms with E-state index in [1.54, 1.807) is 4.90 Å². The quantitative estimate of drug-likeness (QED) is 0.516. The minimum atomic E-state index is -0.803. The Morgan fingerprint density at radius 1 is 0.925 bits per heavy atom. The van der Waals surface area contributed by atoms with Crippen LogP contribution in [0.3, 0.4) is 0 Å². The summed E-state index contributed by atoms with van der Waals surface area (Å²) in [5.74, 6) is 1.02. The van der Waals surface area contributed by atoms with Gasteiger partial charge in [-0.15, -0.1) is 0 Å². The molecular formula is C31H32N4O5. The number of rotatable bonds is 6. The maximum absolute atomic E-state index is 14.0. The largest absolute Gasteiger partial charge is 0.454 e. The number of benzene rings is 3. The molecule has 0 unspecified atom stereocenters. The van der Waals surface area contributed by atoms with E-state index in [0.717, 1.165) is 16.8 Å². The van der Waals surface area contributed by atoms with Crippen LogP contribution in [0.4, 0.5) is 5.69 Å². The highest BCUT2D eigenvalue weighted by molar-refractivity contribution is 5.97. The number of aryl methyl sites for hydroxylation is 1. The van der Waals surface area contributed by atoms with Crippen molar-refractivity contribution in [1.82, 2.24) is 15.1 Å². The lowest BCUT2D eigenvalue weighted by atomic mass is 9.85. The Bertz CT molecular complexity index is 1420. The van der Waals surface area contributed by atoms with Crippen molar-refractivity contribution >= 4 is 23.4 Å². The number of nitrogens with zero attached hydrogens (tertiary/aromatic N) is 3. The summed E-state index contributed by atoms with van der Waals surface area (Å²) in [4.78, 5) is 45.6. The molecule has 2 fully saturated rings. The van der Waals surface area contributed by atoms with E-state index >= 15 is 0 Å². The third-order valence-corrected chi connectivity index (χ3v) is 8.02. The van der Waals surface area contributed by atoms with Crippen LogP contribution in [-0.2, 0) is 16.1 Å². The Labute approximate surface area is 233 Å². The summed E-state index contributed by atoms with van der Waals surface area (Å²) in [5.41, 5.74) is 2.77. The van der Waals surface area contributed by atoms with Crippen molar-refractivity contribution in [2.24, 2.45) is 0 Å². The van der Waals surface area contributed by atoms with Gasteiger partial charge in [-0.05, 0) is 61.7 Å². The molecule has 2 saturated heterocycles. The number of carbonyl (C=O) groups is 3. The summed E-state index contributed by atoms with van der Waals surface area (Å²) in [6.07, 6.45) is 0.987. The van der Waals surface area contributed by atoms with Crippen LogP contribution in [0.2, 0.25) is 0 Å². The van der Waals surface area contributed by atoms with Crippen molar-refractivity contribution < 1.29 is 23.9 Å². The zero-order valence-corrected chi connectivity index (χ0v) is 22.5. The molecule has 0 bridgehead atoms. The second-order valence-electron chi connectivity index (χ2n) is 10.6. The first-order valence-electron chi connectivity index (χ1n) is 13.6. The van der Waals surface area contributed by atoms with E-state index in [2.05, 4.69) is 10.2 Å². The Kier molecular flexibility index (Phi) is 6.79. The molecule has 3 aromatic carbocycles. The number of amides is 3. The Hall–Kier alpha value is -4.53. The molecule has 6 rings (SSSR count). The predicted octanol–water partition coefficient (Wildman–Crippen LogP) is 3.32. The second-order valence-corrected chi connectivity index (χ2v) is 10.6. The van der Waals surface area contributed by atoms with E-state index in [-0.39, 0.29) is 31.1 Å². The molecule has 3 aliphatic heterocycles. The summed E-state index contributed by atoms with van der Waals surface area (Å²) >= 11 is 0. The number of anilines is 1. The lowest BCUT2D eigenvalue weighted by Gasteiger charge is -2.43. The average molecular weight is 541 g/mol. The number of piperidine rings is 1. The highest BCUT2D eigenvalue weighted by Gasteiger charge is 2.54. The average Bonchev–Trinajstić information content (AvgIpc) is 3.55. The molecule has 3 aromatic rings. The first kappa shape index (κ1) is 25.7. The van der Waals surface area contributed by atoms with Crippen molar-refractivity contribution in [3.63, 3.8) is 0 Å². The fraction of sp³-hybridized carbons (Fsp3) is 0.323. The molecule has 9 nitrogen and oxygen atoms in total. The molecule has 206 valence electrons. The molecule has 0 saturated carbocycles. The SMILES string of the molecule is Cc1ccc(C(=O)N2CCC3(CC2)C(=O)N(CC(=O)NCc2ccc4c(c2)OCO4)CN3c2ccccc2)cc1. The summed E-state index contributed by atoms with van der Waals surface area (Å²) in [5, 5.41) is 2.93. The van der Waals surface area contributed by atoms with Gasteiger partial charge in [0.1, 0.15) is 12.1 Å². The molecule has 3 heterocycles. The van der Waals surface area contributed by atoms with Gasteiger partial charge in [0.05, 0.1) is 6.67 Å². The molecule has 1 N–H and O–H groups in total. The van der Waals surface area contributed by atoms with Gasteiger partial charge in [-0.2, -0.15) is 0 Å². The summed E-state index contributed by atoms with van der Waals surface area (Å²) in [6, 6.07) is 22.9. The number of hydrogen-bond acceptors (Lipinski definition) is 6. The first-order valence-corrected chi connectivity index (χ1v) is 13.6. The highest BCUT2D eigenvalue weighted by Crippen LogP contribution is 2.39. The molecule has 0 aromatic heterocycles. The zero-order chi connectivity index (χ0) is 27.7. The number of carbonyl (C=O) groups excluding carboxylic acids is 3. The van der Waals surface area contributed by atoms with Crippen molar-refractivity contribution in [1.29, 1.82) is 0 Å². The molecule has 9 heteroatoms. The minimum absolute atomic E-state index is 0.0219. The lowest BCUT2D eigenvalue weighted by Crippen LogP contribution is -2.57. The third kappa shape index (κ3) is 4.83. The van der Waals surface area contributed by atoms with Gasteiger partial charge in [-0.25, -0.2) is 0 Å². The van der Waals surface area contributed by atoms with Crippen LogP contribution in [0, 0.1) is 6.92 Å².